The monoisotopic (exact) mass is 475 g/mol. The number of carbonyl (C=O) groups is 1. The van der Waals surface area contributed by atoms with Gasteiger partial charge in [0.15, 0.2) is 5.43 Å². The molecule has 4 nitrogen and oxygen atoms in total. The van der Waals surface area contributed by atoms with Crippen molar-refractivity contribution in [2.24, 2.45) is 0 Å². The van der Waals surface area contributed by atoms with Gasteiger partial charge in [-0.25, -0.2) is 0 Å². The van der Waals surface area contributed by atoms with Gasteiger partial charge in [-0.1, -0.05) is 61.0 Å². The number of halogens is 1. The Morgan fingerprint density at radius 3 is 2.23 bits per heavy atom. The van der Waals surface area contributed by atoms with Crippen molar-refractivity contribution in [1.29, 1.82) is 0 Å². The van der Waals surface area contributed by atoms with Crippen LogP contribution in [-0.2, 0) is 5.41 Å². The minimum atomic E-state index is -0.244. The number of benzene rings is 3. The zero-order chi connectivity index (χ0) is 22.2. The predicted molar refractivity (Wildman–Crippen MR) is 129 cm³/mol. The number of rotatable bonds is 3. The zero-order valence-corrected chi connectivity index (χ0v) is 19.1. The number of hydrogen-bond acceptors (Lipinski definition) is 3. The molecule has 1 N–H and O–H groups in total. The van der Waals surface area contributed by atoms with Crippen molar-refractivity contribution < 1.29 is 9.21 Å². The van der Waals surface area contributed by atoms with Crippen LogP contribution in [-0.4, -0.2) is 5.91 Å². The molecule has 0 unspecified atom stereocenters. The zero-order valence-electron chi connectivity index (χ0n) is 17.5. The molecule has 1 heterocycles. The second kappa shape index (κ2) is 8.16. The summed E-state index contributed by atoms with van der Waals surface area (Å²) in [6, 6.07) is 21.7. The molecule has 4 rings (SSSR count). The summed E-state index contributed by atoms with van der Waals surface area (Å²) in [5.41, 5.74) is 3.50. The van der Waals surface area contributed by atoms with Gasteiger partial charge in [-0.3, -0.25) is 9.59 Å². The lowest BCUT2D eigenvalue weighted by molar-refractivity contribution is 0.102. The van der Waals surface area contributed by atoms with E-state index in [0.29, 0.717) is 28.0 Å². The van der Waals surface area contributed by atoms with E-state index < -0.39 is 0 Å². The van der Waals surface area contributed by atoms with Gasteiger partial charge in [-0.05, 0) is 53.4 Å². The van der Waals surface area contributed by atoms with Crippen LogP contribution in [0.5, 0.6) is 0 Å². The Kier molecular flexibility index (Phi) is 5.54. The predicted octanol–water partition coefficient (Wildman–Crippen LogP) is 6.77. The number of fused-ring (bicyclic) bond motifs is 1. The van der Waals surface area contributed by atoms with E-state index in [4.69, 9.17) is 4.42 Å². The van der Waals surface area contributed by atoms with E-state index in [1.54, 1.807) is 42.5 Å². The third-order valence-corrected chi connectivity index (χ3v) is 5.66. The summed E-state index contributed by atoms with van der Waals surface area (Å²) in [6.45, 7) is 6.47. The average Bonchev–Trinajstić information content (AvgIpc) is 2.74. The summed E-state index contributed by atoms with van der Waals surface area (Å²) in [6.07, 6.45) is 0. The van der Waals surface area contributed by atoms with Crippen LogP contribution in [0.3, 0.4) is 0 Å². The Morgan fingerprint density at radius 2 is 1.58 bits per heavy atom. The summed E-state index contributed by atoms with van der Waals surface area (Å²) >= 11 is 3.35. The molecule has 1 amide bonds. The number of nitrogens with one attached hydrogen (secondary N) is 1. The Balaban J connectivity index is 1.63. The second-order valence-corrected chi connectivity index (χ2v) is 9.39. The minimum Gasteiger partial charge on any atom is -0.456 e. The lowest BCUT2D eigenvalue weighted by atomic mass is 9.86. The summed E-state index contributed by atoms with van der Waals surface area (Å²) in [7, 11) is 0. The van der Waals surface area contributed by atoms with Crippen LogP contribution in [0.4, 0.5) is 5.69 Å². The first-order chi connectivity index (χ1) is 14.7. The van der Waals surface area contributed by atoms with Gasteiger partial charge in [0.05, 0.1) is 5.39 Å². The number of anilines is 1. The highest BCUT2D eigenvalue weighted by Crippen LogP contribution is 2.28. The van der Waals surface area contributed by atoms with E-state index in [2.05, 4.69) is 54.2 Å². The molecule has 1 aromatic heterocycles. The number of amides is 1. The van der Waals surface area contributed by atoms with Crippen molar-refractivity contribution >= 4 is 38.5 Å². The number of carbonyl (C=O) groups excluding carboxylic acids is 1. The van der Waals surface area contributed by atoms with Crippen LogP contribution in [0.25, 0.3) is 22.3 Å². The average molecular weight is 476 g/mol. The largest absolute Gasteiger partial charge is 0.456 e. The van der Waals surface area contributed by atoms with Crippen LogP contribution in [0.1, 0.15) is 36.7 Å². The van der Waals surface area contributed by atoms with Crippen LogP contribution in [0.15, 0.2) is 86.5 Å². The Morgan fingerprint density at radius 1 is 0.903 bits per heavy atom. The third kappa shape index (κ3) is 4.62. The Bertz CT molecular complexity index is 1310. The molecule has 0 bridgehead atoms. The van der Waals surface area contributed by atoms with Crippen LogP contribution in [0, 0.1) is 0 Å². The summed E-state index contributed by atoms with van der Waals surface area (Å²) in [4.78, 5) is 25.2. The number of hydrogen-bond donors (Lipinski definition) is 1. The van der Waals surface area contributed by atoms with E-state index in [1.807, 2.05) is 12.1 Å². The first-order valence-electron chi connectivity index (χ1n) is 9.96. The van der Waals surface area contributed by atoms with Crippen molar-refractivity contribution in [1.82, 2.24) is 0 Å². The van der Waals surface area contributed by atoms with Gasteiger partial charge in [0.25, 0.3) is 5.91 Å². The molecule has 4 aromatic rings. The smallest absolute Gasteiger partial charge is 0.255 e. The second-order valence-electron chi connectivity index (χ2n) is 8.47. The maximum atomic E-state index is 12.8. The lowest BCUT2D eigenvalue weighted by Gasteiger charge is -2.19. The quantitative estimate of drug-likeness (QED) is 0.355. The Labute approximate surface area is 189 Å². The van der Waals surface area contributed by atoms with Crippen molar-refractivity contribution in [3.05, 3.63) is 98.6 Å². The molecule has 0 aliphatic carbocycles. The molecule has 3 aromatic carbocycles. The molecular formula is C26H22BrNO3. The van der Waals surface area contributed by atoms with Gasteiger partial charge in [0.1, 0.15) is 11.3 Å². The molecule has 5 heteroatoms. The fourth-order valence-electron chi connectivity index (χ4n) is 3.32. The fourth-order valence-corrected chi connectivity index (χ4v) is 3.58. The molecule has 31 heavy (non-hydrogen) atoms. The van der Waals surface area contributed by atoms with Gasteiger partial charge < -0.3 is 9.73 Å². The highest BCUT2D eigenvalue weighted by molar-refractivity contribution is 9.10. The topological polar surface area (TPSA) is 59.3 Å². The van der Waals surface area contributed by atoms with E-state index in [9.17, 15) is 9.59 Å². The first-order valence-corrected chi connectivity index (χ1v) is 10.8. The third-order valence-electron chi connectivity index (χ3n) is 5.13. The molecule has 0 aliphatic rings. The molecule has 0 saturated carbocycles. The summed E-state index contributed by atoms with van der Waals surface area (Å²) in [5, 5.41) is 3.25. The van der Waals surface area contributed by atoms with E-state index in [1.165, 1.54) is 11.6 Å². The van der Waals surface area contributed by atoms with Gasteiger partial charge in [-0.2, -0.15) is 0 Å². The minimum absolute atomic E-state index is 0.0554. The normalized spacial score (nSPS) is 11.5. The van der Waals surface area contributed by atoms with Gasteiger partial charge in [-0.15, -0.1) is 0 Å². The first kappa shape index (κ1) is 21.1. The van der Waals surface area contributed by atoms with Gasteiger partial charge in [0.2, 0.25) is 0 Å². The maximum Gasteiger partial charge on any atom is 0.255 e. The molecule has 0 fully saturated rings. The molecule has 156 valence electrons. The van der Waals surface area contributed by atoms with E-state index in [0.717, 1.165) is 10.0 Å². The SMILES string of the molecule is CC(C)(C)c1ccc(-c2cc(=O)c3cc(NC(=O)c4ccc(Br)cc4)ccc3o2)cc1. The highest BCUT2D eigenvalue weighted by atomic mass is 79.9. The van der Waals surface area contributed by atoms with Gasteiger partial charge >= 0.3 is 0 Å². The van der Waals surface area contributed by atoms with Crippen molar-refractivity contribution in [2.75, 3.05) is 5.32 Å². The van der Waals surface area contributed by atoms with Crippen molar-refractivity contribution in [2.45, 2.75) is 26.2 Å². The molecule has 0 saturated heterocycles. The van der Waals surface area contributed by atoms with E-state index in [-0.39, 0.29) is 16.8 Å². The van der Waals surface area contributed by atoms with Crippen LogP contribution < -0.4 is 10.7 Å². The molecule has 0 spiro atoms. The molecule has 0 radical (unpaired) electrons. The Hall–Kier alpha value is -3.18. The molecule has 0 atom stereocenters. The van der Waals surface area contributed by atoms with Crippen molar-refractivity contribution in [3.63, 3.8) is 0 Å². The lowest BCUT2D eigenvalue weighted by Crippen LogP contribution is -2.12. The standard InChI is InChI=1S/C26H22BrNO3/c1-26(2,3)18-8-4-16(5-9-18)24-15-22(29)21-14-20(12-13-23(21)31-24)28-25(30)17-6-10-19(27)11-7-17/h4-15H,1-3H3,(H,28,30). The summed E-state index contributed by atoms with van der Waals surface area (Å²) < 4.78 is 6.89. The van der Waals surface area contributed by atoms with Crippen molar-refractivity contribution in [3.8, 4) is 11.3 Å². The van der Waals surface area contributed by atoms with Gasteiger partial charge in [0, 0.05) is 27.4 Å². The van der Waals surface area contributed by atoms with Crippen LogP contribution in [0.2, 0.25) is 0 Å². The molecule has 0 aliphatic heterocycles. The highest BCUT2D eigenvalue weighted by Gasteiger charge is 2.14. The fraction of sp³-hybridized carbons (Fsp3) is 0.154. The van der Waals surface area contributed by atoms with E-state index >= 15 is 0 Å². The summed E-state index contributed by atoms with van der Waals surface area (Å²) in [5.74, 6) is 0.274. The maximum absolute atomic E-state index is 12.8. The van der Waals surface area contributed by atoms with Crippen LogP contribution >= 0.6 is 15.9 Å². The molecular weight excluding hydrogens is 454 g/mol.